The molecule has 30 heavy (non-hydrogen) atoms. The molecule has 8 heteroatoms. The topological polar surface area (TPSA) is 121 Å². The van der Waals surface area contributed by atoms with Crippen LogP contribution in [0.15, 0.2) is 28.7 Å². The normalized spacial score (nSPS) is 29.8. The summed E-state index contributed by atoms with van der Waals surface area (Å²) in [6.45, 7) is 5.96. The van der Waals surface area contributed by atoms with Crippen LogP contribution in [0.4, 0.5) is 11.8 Å². The predicted molar refractivity (Wildman–Crippen MR) is 118 cm³/mol. The lowest BCUT2D eigenvalue weighted by molar-refractivity contribution is 0.172. The van der Waals surface area contributed by atoms with Crippen LogP contribution in [0.1, 0.15) is 39.2 Å². The van der Waals surface area contributed by atoms with Crippen LogP contribution in [-0.2, 0) is 0 Å². The SMILES string of the molecule is CC(=N)c1ccc2oc(-c3c(Cl)nc(N)nc3NC3(C)CCC4C(O)C43C)cc2c1. The Morgan fingerprint density at radius 2 is 2.10 bits per heavy atom. The Kier molecular flexibility index (Phi) is 3.98. The number of anilines is 2. The van der Waals surface area contributed by atoms with E-state index in [0.29, 0.717) is 34.4 Å². The van der Waals surface area contributed by atoms with E-state index < -0.39 is 0 Å². The summed E-state index contributed by atoms with van der Waals surface area (Å²) < 4.78 is 6.07. The van der Waals surface area contributed by atoms with Crippen molar-refractivity contribution in [1.82, 2.24) is 9.97 Å². The number of rotatable bonds is 4. The van der Waals surface area contributed by atoms with Crippen LogP contribution in [0.3, 0.4) is 0 Å². The molecule has 3 aromatic rings. The molecule has 2 heterocycles. The van der Waals surface area contributed by atoms with Gasteiger partial charge < -0.3 is 26.0 Å². The number of nitrogens with zero attached hydrogens (tertiary/aromatic N) is 2. The van der Waals surface area contributed by atoms with E-state index in [1.807, 2.05) is 24.3 Å². The second-order valence-corrected chi connectivity index (χ2v) is 9.27. The molecule has 5 N–H and O–H groups in total. The number of furan rings is 1. The number of benzene rings is 1. The van der Waals surface area contributed by atoms with Gasteiger partial charge in [-0.2, -0.15) is 4.98 Å². The fraction of sp³-hybridized carbons (Fsp3) is 0.409. The molecule has 2 saturated carbocycles. The highest BCUT2D eigenvalue weighted by atomic mass is 35.5. The summed E-state index contributed by atoms with van der Waals surface area (Å²) in [6, 6.07) is 7.48. The Hall–Kier alpha value is -2.64. The van der Waals surface area contributed by atoms with Gasteiger partial charge in [-0.25, -0.2) is 4.98 Å². The maximum atomic E-state index is 10.4. The zero-order chi connectivity index (χ0) is 21.4. The maximum Gasteiger partial charge on any atom is 0.223 e. The van der Waals surface area contributed by atoms with Crippen LogP contribution in [-0.4, -0.2) is 32.4 Å². The molecule has 0 spiro atoms. The minimum absolute atomic E-state index is 0.0729. The van der Waals surface area contributed by atoms with Crippen LogP contribution in [0.5, 0.6) is 0 Å². The van der Waals surface area contributed by atoms with E-state index in [1.165, 1.54) is 0 Å². The lowest BCUT2D eigenvalue weighted by atomic mass is 9.84. The highest BCUT2D eigenvalue weighted by molar-refractivity contribution is 6.32. The Bertz CT molecular complexity index is 1210. The molecule has 4 atom stereocenters. The van der Waals surface area contributed by atoms with Crippen molar-refractivity contribution in [2.45, 2.75) is 45.3 Å². The van der Waals surface area contributed by atoms with Crippen LogP contribution < -0.4 is 11.1 Å². The fourth-order valence-electron chi connectivity index (χ4n) is 5.10. The third-order valence-electron chi connectivity index (χ3n) is 7.27. The molecule has 7 nitrogen and oxygen atoms in total. The lowest BCUT2D eigenvalue weighted by Gasteiger charge is -2.35. The summed E-state index contributed by atoms with van der Waals surface area (Å²) in [5.74, 6) is 1.39. The van der Waals surface area contributed by atoms with Crippen molar-refractivity contribution >= 4 is 40.0 Å². The minimum atomic E-state index is -0.355. The van der Waals surface area contributed by atoms with Crippen molar-refractivity contribution in [1.29, 1.82) is 5.41 Å². The summed E-state index contributed by atoms with van der Waals surface area (Å²) in [5.41, 5.74) is 7.87. The maximum absolute atomic E-state index is 10.4. The molecule has 0 amide bonds. The monoisotopic (exact) mass is 425 g/mol. The number of aliphatic hydroxyl groups excluding tert-OH is 1. The Labute approximate surface area is 179 Å². The number of aromatic nitrogens is 2. The number of hydrogen-bond acceptors (Lipinski definition) is 7. The molecule has 1 aromatic carbocycles. The molecular formula is C22H24ClN5O2. The number of halogens is 1. The van der Waals surface area contributed by atoms with Gasteiger partial charge in [0.1, 0.15) is 22.3 Å². The van der Waals surface area contributed by atoms with Gasteiger partial charge in [0, 0.05) is 22.1 Å². The van der Waals surface area contributed by atoms with Crippen molar-refractivity contribution < 1.29 is 9.52 Å². The van der Waals surface area contributed by atoms with Crippen molar-refractivity contribution in [2.75, 3.05) is 11.1 Å². The smallest absolute Gasteiger partial charge is 0.223 e. The fourth-order valence-corrected chi connectivity index (χ4v) is 5.37. The molecular weight excluding hydrogens is 402 g/mol. The number of nitrogens with one attached hydrogen (secondary N) is 2. The molecule has 0 saturated heterocycles. The van der Waals surface area contributed by atoms with Crippen molar-refractivity contribution in [3.63, 3.8) is 0 Å². The standard InChI is InChI=1S/C22H24ClN5O2/c1-10(24)11-4-5-14-12(8-11)9-15(30-14)16-18(23)26-20(25)27-19(16)28-21(2)7-6-13-17(29)22(13,21)3/h4-5,8-9,13,17,24,29H,6-7H2,1-3H3,(H3,25,26,27,28). The van der Waals surface area contributed by atoms with Crippen molar-refractivity contribution in [2.24, 2.45) is 11.3 Å². The molecule has 2 aliphatic carbocycles. The molecule has 0 bridgehead atoms. The van der Waals surface area contributed by atoms with Crippen molar-refractivity contribution in [3.05, 3.63) is 35.0 Å². The number of hydrogen-bond donors (Lipinski definition) is 4. The van der Waals surface area contributed by atoms with Crippen LogP contribution in [0.25, 0.3) is 22.3 Å². The number of nitrogen functional groups attached to an aromatic ring is 1. The van der Waals surface area contributed by atoms with E-state index in [0.717, 1.165) is 23.8 Å². The zero-order valence-corrected chi connectivity index (χ0v) is 17.8. The number of fused-ring (bicyclic) bond motifs is 2. The summed E-state index contributed by atoms with van der Waals surface area (Å²) in [6.07, 6.45) is 1.55. The van der Waals surface area contributed by atoms with Gasteiger partial charge in [0.05, 0.1) is 11.7 Å². The average Bonchev–Trinajstić information content (AvgIpc) is 2.95. The predicted octanol–water partition coefficient (Wildman–Crippen LogP) is 4.47. The van der Waals surface area contributed by atoms with E-state index in [-0.39, 0.29) is 28.2 Å². The van der Waals surface area contributed by atoms with E-state index in [1.54, 1.807) is 6.92 Å². The molecule has 0 radical (unpaired) electrons. The largest absolute Gasteiger partial charge is 0.456 e. The van der Waals surface area contributed by atoms with Gasteiger partial charge in [0.25, 0.3) is 0 Å². The first-order valence-electron chi connectivity index (χ1n) is 10.0. The van der Waals surface area contributed by atoms with E-state index >= 15 is 0 Å². The summed E-state index contributed by atoms with van der Waals surface area (Å²) in [5, 5.41) is 22.9. The molecule has 156 valence electrons. The van der Waals surface area contributed by atoms with Gasteiger partial charge in [-0.05, 0) is 62.4 Å². The van der Waals surface area contributed by atoms with Gasteiger partial charge >= 0.3 is 0 Å². The second kappa shape index (κ2) is 6.18. The first kappa shape index (κ1) is 19.3. The molecule has 2 aliphatic rings. The number of aliphatic hydroxyl groups is 1. The quantitative estimate of drug-likeness (QED) is 0.361. The van der Waals surface area contributed by atoms with Gasteiger partial charge in [0.15, 0.2) is 0 Å². The van der Waals surface area contributed by atoms with Gasteiger partial charge in [-0.1, -0.05) is 18.5 Å². The first-order valence-corrected chi connectivity index (χ1v) is 10.4. The van der Waals surface area contributed by atoms with E-state index in [4.69, 9.17) is 27.2 Å². The van der Waals surface area contributed by atoms with Crippen LogP contribution in [0, 0.1) is 16.7 Å². The molecule has 0 aliphatic heterocycles. The highest BCUT2D eigenvalue weighted by Gasteiger charge is 2.73. The summed E-state index contributed by atoms with van der Waals surface area (Å²) in [7, 11) is 0. The lowest BCUT2D eigenvalue weighted by Crippen LogP contribution is -2.43. The summed E-state index contributed by atoms with van der Waals surface area (Å²) in [4.78, 5) is 8.57. The second-order valence-electron chi connectivity index (χ2n) is 8.91. The third-order valence-corrected chi connectivity index (χ3v) is 7.55. The van der Waals surface area contributed by atoms with E-state index in [9.17, 15) is 5.11 Å². The Balaban J connectivity index is 1.61. The van der Waals surface area contributed by atoms with Gasteiger partial charge in [-0.15, -0.1) is 0 Å². The summed E-state index contributed by atoms with van der Waals surface area (Å²) >= 11 is 6.50. The average molecular weight is 426 g/mol. The molecule has 5 rings (SSSR count). The number of nitrogens with two attached hydrogens (primary N) is 1. The van der Waals surface area contributed by atoms with Gasteiger partial charge in [0.2, 0.25) is 5.95 Å². The van der Waals surface area contributed by atoms with Crippen LogP contribution >= 0.6 is 11.6 Å². The highest BCUT2D eigenvalue weighted by Crippen LogP contribution is 2.68. The van der Waals surface area contributed by atoms with Crippen LogP contribution in [0.2, 0.25) is 5.15 Å². The Morgan fingerprint density at radius 3 is 2.77 bits per heavy atom. The molecule has 2 fully saturated rings. The molecule has 2 aromatic heterocycles. The zero-order valence-electron chi connectivity index (χ0n) is 17.1. The van der Waals surface area contributed by atoms with Gasteiger partial charge in [-0.3, -0.25) is 0 Å². The minimum Gasteiger partial charge on any atom is -0.456 e. The molecule has 4 unspecified atom stereocenters. The Morgan fingerprint density at radius 1 is 1.33 bits per heavy atom. The third kappa shape index (κ3) is 2.58. The first-order chi connectivity index (χ1) is 14.1. The van der Waals surface area contributed by atoms with Crippen molar-refractivity contribution in [3.8, 4) is 11.3 Å². The van der Waals surface area contributed by atoms with E-state index in [2.05, 4.69) is 29.1 Å².